The predicted octanol–water partition coefficient (Wildman–Crippen LogP) is 4.15. The Balaban J connectivity index is 1.50. The van der Waals surface area contributed by atoms with Gasteiger partial charge in [0.05, 0.1) is 6.04 Å². The molecule has 2 unspecified atom stereocenters. The van der Waals surface area contributed by atoms with Gasteiger partial charge in [0, 0.05) is 31.6 Å². The lowest BCUT2D eigenvalue weighted by atomic mass is 9.82. The maximum atomic E-state index is 12.8. The molecule has 2 N–H and O–H groups in total. The van der Waals surface area contributed by atoms with E-state index in [0.717, 1.165) is 36.1 Å². The highest BCUT2D eigenvalue weighted by Crippen LogP contribution is 2.36. The number of aryl methyl sites for hydroxylation is 3. The molecule has 1 aliphatic heterocycles. The third-order valence-electron chi connectivity index (χ3n) is 6.82. The molecule has 0 saturated carbocycles. The summed E-state index contributed by atoms with van der Waals surface area (Å²) >= 11 is 6.58. The van der Waals surface area contributed by atoms with Crippen molar-refractivity contribution < 1.29 is 4.79 Å². The van der Waals surface area contributed by atoms with Crippen LogP contribution in [0.1, 0.15) is 51.1 Å². The highest BCUT2D eigenvalue weighted by Gasteiger charge is 2.31. The van der Waals surface area contributed by atoms with Crippen molar-refractivity contribution in [3.63, 3.8) is 0 Å². The van der Waals surface area contributed by atoms with E-state index in [1.165, 1.54) is 11.1 Å². The molecule has 0 saturated heterocycles. The first kappa shape index (κ1) is 25.1. The quantitative estimate of drug-likeness (QED) is 0.590. The average Bonchev–Trinajstić information content (AvgIpc) is 2.81. The molecule has 0 fully saturated rings. The zero-order valence-electron chi connectivity index (χ0n) is 21.2. The molecule has 2 heterocycles. The van der Waals surface area contributed by atoms with E-state index in [4.69, 9.17) is 17.3 Å². The molecule has 7 heteroatoms. The number of fused-ring (bicyclic) bond motifs is 3. The van der Waals surface area contributed by atoms with Gasteiger partial charge in [0.25, 0.3) is 5.91 Å². The van der Waals surface area contributed by atoms with Gasteiger partial charge in [-0.15, -0.1) is 0 Å². The van der Waals surface area contributed by atoms with Crippen molar-refractivity contribution in [2.45, 2.75) is 38.6 Å². The maximum absolute atomic E-state index is 12.8. The van der Waals surface area contributed by atoms with E-state index in [0.29, 0.717) is 28.8 Å². The fourth-order valence-corrected chi connectivity index (χ4v) is 4.89. The summed E-state index contributed by atoms with van der Waals surface area (Å²) < 4.78 is 0. The molecule has 2 aliphatic rings. The lowest BCUT2D eigenvalue weighted by Crippen LogP contribution is -2.33. The Labute approximate surface area is 213 Å². The zero-order valence-corrected chi connectivity index (χ0v) is 21.9. The largest absolute Gasteiger partial charge is 0.382 e. The predicted molar refractivity (Wildman–Crippen MR) is 143 cm³/mol. The smallest absolute Gasteiger partial charge is 0.253 e. The minimum atomic E-state index is 0.00603. The summed E-state index contributed by atoms with van der Waals surface area (Å²) in [6, 6.07) is 8.12. The number of amidine groups is 1. The Morgan fingerprint density at radius 3 is 2.54 bits per heavy atom. The van der Waals surface area contributed by atoms with E-state index in [-0.39, 0.29) is 17.9 Å². The van der Waals surface area contributed by atoms with Gasteiger partial charge in [0.1, 0.15) is 16.7 Å². The number of aliphatic imine (C=N–C) groups is 1. The second kappa shape index (κ2) is 10.3. The summed E-state index contributed by atoms with van der Waals surface area (Å²) in [7, 11) is 5.86. The Morgan fingerprint density at radius 2 is 1.83 bits per heavy atom. The number of pyridine rings is 1. The maximum Gasteiger partial charge on any atom is 0.253 e. The summed E-state index contributed by atoms with van der Waals surface area (Å²) in [6.45, 7) is 5.65. The summed E-state index contributed by atoms with van der Waals surface area (Å²) in [6.07, 6.45) is 8.02. The molecule has 1 amide bonds. The van der Waals surface area contributed by atoms with Crippen LogP contribution in [0.2, 0.25) is 5.15 Å². The van der Waals surface area contributed by atoms with Gasteiger partial charge in [-0.25, -0.2) is 4.98 Å². The van der Waals surface area contributed by atoms with Gasteiger partial charge in [0.2, 0.25) is 0 Å². The van der Waals surface area contributed by atoms with Crippen LogP contribution in [0.25, 0.3) is 0 Å². The molecule has 1 aromatic carbocycles. The van der Waals surface area contributed by atoms with Crippen molar-refractivity contribution >= 4 is 23.3 Å². The van der Waals surface area contributed by atoms with Crippen LogP contribution in [0.5, 0.6) is 0 Å². The van der Waals surface area contributed by atoms with Crippen LogP contribution in [0.15, 0.2) is 53.1 Å². The van der Waals surface area contributed by atoms with Gasteiger partial charge in [-0.3, -0.25) is 9.79 Å². The molecule has 0 bridgehead atoms. The van der Waals surface area contributed by atoms with Gasteiger partial charge in [-0.2, -0.15) is 0 Å². The Morgan fingerprint density at radius 1 is 1.09 bits per heavy atom. The number of rotatable bonds is 7. The van der Waals surface area contributed by atoms with Crippen LogP contribution in [-0.2, 0) is 12.8 Å². The number of nitrogens with two attached hydrogens (primary N) is 1. The molecule has 0 radical (unpaired) electrons. The SMILES string of the molecule is CC1=CC2N=C(N)c3nc(Cl)c(CCc4ccc(C(=O)N(C)CCN(C)C)cc4C)cc3C2C=C1. The van der Waals surface area contributed by atoms with E-state index < -0.39 is 0 Å². The summed E-state index contributed by atoms with van der Waals surface area (Å²) in [5.41, 5.74) is 13.2. The van der Waals surface area contributed by atoms with E-state index >= 15 is 0 Å². The fourth-order valence-electron chi connectivity index (χ4n) is 4.66. The lowest BCUT2D eigenvalue weighted by Gasteiger charge is -2.29. The first-order valence-electron chi connectivity index (χ1n) is 12.0. The molecule has 184 valence electrons. The second-order valence-electron chi connectivity index (χ2n) is 9.85. The van der Waals surface area contributed by atoms with Gasteiger partial charge >= 0.3 is 0 Å². The molecule has 1 aliphatic carbocycles. The Kier molecular flexibility index (Phi) is 7.43. The molecule has 0 spiro atoms. The van der Waals surface area contributed by atoms with Crippen LogP contribution in [0.3, 0.4) is 0 Å². The van der Waals surface area contributed by atoms with Crippen LogP contribution >= 0.6 is 11.6 Å². The average molecular weight is 492 g/mol. The van der Waals surface area contributed by atoms with Gasteiger partial charge in [0.15, 0.2) is 0 Å². The normalized spacial score (nSPS) is 18.6. The van der Waals surface area contributed by atoms with Crippen molar-refractivity contribution in [3.05, 3.63) is 86.7 Å². The van der Waals surface area contributed by atoms with Crippen molar-refractivity contribution in [1.82, 2.24) is 14.8 Å². The number of aromatic nitrogens is 1. The zero-order chi connectivity index (χ0) is 25.3. The number of likely N-dealkylation sites (N-methyl/N-ethyl adjacent to an activating group) is 2. The van der Waals surface area contributed by atoms with Crippen molar-refractivity contribution in [1.29, 1.82) is 0 Å². The van der Waals surface area contributed by atoms with Gasteiger partial charge in [-0.05, 0) is 81.2 Å². The minimum absolute atomic E-state index is 0.00603. The molecule has 4 rings (SSSR count). The fraction of sp³-hybridized carbons (Fsp3) is 0.393. The number of allylic oxidation sites excluding steroid dienone is 2. The van der Waals surface area contributed by atoms with Crippen molar-refractivity contribution in [3.8, 4) is 0 Å². The summed E-state index contributed by atoms with van der Waals surface area (Å²) in [4.78, 5) is 25.9. The van der Waals surface area contributed by atoms with Crippen molar-refractivity contribution in [2.75, 3.05) is 34.2 Å². The number of hydrogen-bond donors (Lipinski definition) is 1. The number of carbonyl (C=O) groups is 1. The number of hydrogen-bond acceptors (Lipinski definition) is 5. The topological polar surface area (TPSA) is 74.8 Å². The van der Waals surface area contributed by atoms with Crippen molar-refractivity contribution in [2.24, 2.45) is 10.7 Å². The summed E-state index contributed by atoms with van der Waals surface area (Å²) in [5, 5.41) is 0.471. The van der Waals surface area contributed by atoms with Crippen LogP contribution in [-0.4, -0.2) is 66.8 Å². The van der Waals surface area contributed by atoms with E-state index in [9.17, 15) is 4.79 Å². The van der Waals surface area contributed by atoms with E-state index in [1.54, 1.807) is 4.90 Å². The Bertz CT molecular complexity index is 1230. The number of nitrogens with zero attached hydrogens (tertiary/aromatic N) is 4. The standard InChI is InChI=1S/C28H34ClN5O/c1-17-6-11-22-23-16-20(26(29)32-25(23)27(30)31-24(22)14-17)9-7-19-8-10-21(15-18(19)2)28(35)34(5)13-12-33(3)4/h6,8,10-11,14-16,22,24H,7,9,12-13H2,1-5H3,(H2,30,31). The highest BCUT2D eigenvalue weighted by atomic mass is 35.5. The number of halogens is 1. The molecule has 6 nitrogen and oxygen atoms in total. The second-order valence-corrected chi connectivity index (χ2v) is 10.2. The molecular formula is C28H34ClN5O. The number of carbonyl (C=O) groups excluding carboxylic acids is 1. The van der Waals surface area contributed by atoms with Crippen LogP contribution < -0.4 is 5.73 Å². The molecular weight excluding hydrogens is 458 g/mol. The molecule has 2 atom stereocenters. The van der Waals surface area contributed by atoms with Gasteiger partial charge < -0.3 is 15.5 Å². The lowest BCUT2D eigenvalue weighted by molar-refractivity contribution is 0.0786. The number of benzene rings is 1. The van der Waals surface area contributed by atoms with E-state index in [1.807, 2.05) is 33.3 Å². The van der Waals surface area contributed by atoms with Gasteiger partial charge in [-0.1, -0.05) is 41.5 Å². The monoisotopic (exact) mass is 491 g/mol. The molecule has 35 heavy (non-hydrogen) atoms. The Hall–Kier alpha value is -2.96. The first-order chi connectivity index (χ1) is 16.6. The minimum Gasteiger partial charge on any atom is -0.382 e. The third-order valence-corrected chi connectivity index (χ3v) is 7.15. The first-order valence-corrected chi connectivity index (χ1v) is 12.4. The highest BCUT2D eigenvalue weighted by molar-refractivity contribution is 6.30. The molecule has 2 aromatic rings. The van der Waals surface area contributed by atoms with Crippen LogP contribution in [0.4, 0.5) is 0 Å². The number of amides is 1. The van der Waals surface area contributed by atoms with Crippen LogP contribution in [0, 0.1) is 6.92 Å². The molecule has 1 aromatic heterocycles. The third kappa shape index (κ3) is 5.49. The van der Waals surface area contributed by atoms with E-state index in [2.05, 4.69) is 59.1 Å². The summed E-state index contributed by atoms with van der Waals surface area (Å²) in [5.74, 6) is 0.615.